The predicted octanol–water partition coefficient (Wildman–Crippen LogP) is 2.89. The van der Waals surface area contributed by atoms with Gasteiger partial charge in [0.15, 0.2) is 0 Å². The zero-order chi connectivity index (χ0) is 15.3. The molecule has 1 amide bonds. The quantitative estimate of drug-likeness (QED) is 0.878. The van der Waals surface area contributed by atoms with Crippen LogP contribution in [-0.4, -0.2) is 29.9 Å². The second-order valence-corrected chi connectivity index (χ2v) is 7.19. The summed E-state index contributed by atoms with van der Waals surface area (Å²) in [5, 5.41) is 12.0. The Bertz CT molecular complexity index is 509. The third kappa shape index (κ3) is 4.78. The number of carbonyl (C=O) groups is 1. The maximum Gasteiger partial charge on any atom is 0.235 e. The van der Waals surface area contributed by atoms with E-state index in [2.05, 4.69) is 11.4 Å². The topological polar surface area (TPSA) is 56.1 Å². The van der Waals surface area contributed by atoms with Crippen molar-refractivity contribution in [3.05, 3.63) is 21.3 Å². The molecule has 6 heteroatoms. The van der Waals surface area contributed by atoms with Gasteiger partial charge in [0.1, 0.15) is 5.54 Å². The molecule has 1 N–H and O–H groups in total. The number of rotatable bonds is 6. The Kier molecular flexibility index (Phi) is 6.00. The highest BCUT2D eigenvalue weighted by Gasteiger charge is 2.30. The summed E-state index contributed by atoms with van der Waals surface area (Å²) in [5.41, 5.74) is -0.829. The van der Waals surface area contributed by atoms with Gasteiger partial charge in [-0.2, -0.15) is 5.26 Å². The third-order valence-corrected chi connectivity index (χ3v) is 4.47. The number of carbonyl (C=O) groups excluding carboxylic acids is 1. The van der Waals surface area contributed by atoms with E-state index in [4.69, 9.17) is 11.6 Å². The van der Waals surface area contributed by atoms with Crippen LogP contribution in [0.15, 0.2) is 12.1 Å². The highest BCUT2D eigenvalue weighted by atomic mass is 35.5. The zero-order valence-corrected chi connectivity index (χ0v) is 13.8. The van der Waals surface area contributed by atoms with Crippen molar-refractivity contribution in [1.29, 1.82) is 5.26 Å². The average molecular weight is 314 g/mol. The Hall–Kier alpha value is -1.09. The predicted molar refractivity (Wildman–Crippen MR) is 82.7 cm³/mol. The summed E-state index contributed by atoms with van der Waals surface area (Å²) < 4.78 is 0.745. The minimum atomic E-state index is -0.829. The summed E-state index contributed by atoms with van der Waals surface area (Å²) in [6.07, 6.45) is 0. The molecule has 1 heterocycles. The van der Waals surface area contributed by atoms with E-state index < -0.39 is 5.54 Å². The van der Waals surface area contributed by atoms with Crippen molar-refractivity contribution in [2.45, 2.75) is 32.9 Å². The molecule has 1 atom stereocenters. The Morgan fingerprint density at radius 1 is 1.60 bits per heavy atom. The van der Waals surface area contributed by atoms with E-state index in [1.807, 2.05) is 37.9 Å². The minimum absolute atomic E-state index is 0.0536. The van der Waals surface area contributed by atoms with Crippen LogP contribution in [0.4, 0.5) is 0 Å². The number of likely N-dealkylation sites (N-methyl/N-ethyl adjacent to an activating group) is 1. The molecule has 0 aromatic carbocycles. The van der Waals surface area contributed by atoms with Gasteiger partial charge >= 0.3 is 0 Å². The average Bonchev–Trinajstić information content (AvgIpc) is 2.73. The van der Waals surface area contributed by atoms with Crippen molar-refractivity contribution in [3.8, 4) is 6.07 Å². The molecule has 1 rings (SSSR count). The van der Waals surface area contributed by atoms with Gasteiger partial charge in [0, 0.05) is 11.4 Å². The van der Waals surface area contributed by atoms with Gasteiger partial charge in [-0.25, -0.2) is 0 Å². The van der Waals surface area contributed by atoms with Gasteiger partial charge in [-0.3, -0.25) is 9.69 Å². The first kappa shape index (κ1) is 17.0. The first-order valence-electron chi connectivity index (χ1n) is 6.42. The van der Waals surface area contributed by atoms with Crippen LogP contribution in [0.1, 0.15) is 25.6 Å². The van der Waals surface area contributed by atoms with Crippen LogP contribution < -0.4 is 5.32 Å². The monoisotopic (exact) mass is 313 g/mol. The number of hydrogen-bond acceptors (Lipinski definition) is 4. The fourth-order valence-electron chi connectivity index (χ4n) is 1.63. The molecule has 0 radical (unpaired) electrons. The molecular formula is C14H20ClN3OS. The van der Waals surface area contributed by atoms with Crippen molar-refractivity contribution >= 4 is 28.8 Å². The Morgan fingerprint density at radius 3 is 2.70 bits per heavy atom. The fourth-order valence-corrected chi connectivity index (χ4v) is 2.80. The first-order valence-corrected chi connectivity index (χ1v) is 7.61. The SMILES string of the molecule is CC(C)C(C)(C#N)NC(=O)CN(C)Cc1ccc(Cl)s1. The summed E-state index contributed by atoms with van der Waals surface area (Å²) in [6, 6.07) is 5.97. The molecule has 0 aliphatic heterocycles. The third-order valence-electron chi connectivity index (χ3n) is 3.25. The molecule has 0 aliphatic rings. The molecule has 0 fully saturated rings. The van der Waals surface area contributed by atoms with Crippen LogP contribution in [-0.2, 0) is 11.3 Å². The van der Waals surface area contributed by atoms with Crippen LogP contribution in [0.5, 0.6) is 0 Å². The van der Waals surface area contributed by atoms with Crippen LogP contribution >= 0.6 is 22.9 Å². The Labute approximate surface area is 129 Å². The molecule has 0 saturated carbocycles. The van der Waals surface area contributed by atoms with E-state index in [1.54, 1.807) is 6.92 Å². The van der Waals surface area contributed by atoms with Crippen molar-refractivity contribution in [2.24, 2.45) is 5.92 Å². The van der Waals surface area contributed by atoms with Gasteiger partial charge in [-0.05, 0) is 32.0 Å². The van der Waals surface area contributed by atoms with Gasteiger partial charge in [-0.15, -0.1) is 11.3 Å². The number of nitriles is 1. The van der Waals surface area contributed by atoms with Crippen LogP contribution in [0.25, 0.3) is 0 Å². The van der Waals surface area contributed by atoms with Gasteiger partial charge in [0.25, 0.3) is 0 Å². The van der Waals surface area contributed by atoms with E-state index in [1.165, 1.54) is 11.3 Å². The summed E-state index contributed by atoms with van der Waals surface area (Å²) >= 11 is 7.38. The van der Waals surface area contributed by atoms with Gasteiger partial charge in [0.2, 0.25) is 5.91 Å². The zero-order valence-electron chi connectivity index (χ0n) is 12.2. The second kappa shape index (κ2) is 7.07. The molecule has 4 nitrogen and oxygen atoms in total. The van der Waals surface area contributed by atoms with Crippen molar-refractivity contribution in [2.75, 3.05) is 13.6 Å². The van der Waals surface area contributed by atoms with E-state index in [0.29, 0.717) is 6.54 Å². The summed E-state index contributed by atoms with van der Waals surface area (Å²) in [6.45, 7) is 6.49. The molecule has 0 spiro atoms. The van der Waals surface area contributed by atoms with Crippen LogP contribution in [0.3, 0.4) is 0 Å². The lowest BCUT2D eigenvalue weighted by atomic mass is 9.90. The van der Waals surface area contributed by atoms with Crippen LogP contribution in [0, 0.1) is 17.2 Å². The van der Waals surface area contributed by atoms with Crippen molar-refractivity contribution in [3.63, 3.8) is 0 Å². The normalized spacial score (nSPS) is 14.1. The molecule has 110 valence electrons. The lowest BCUT2D eigenvalue weighted by Gasteiger charge is -2.28. The van der Waals surface area contributed by atoms with Gasteiger partial charge < -0.3 is 5.32 Å². The smallest absolute Gasteiger partial charge is 0.235 e. The number of thiophene rings is 1. The molecule has 1 aromatic heterocycles. The number of nitrogens with zero attached hydrogens (tertiary/aromatic N) is 2. The number of hydrogen-bond donors (Lipinski definition) is 1. The number of nitrogens with one attached hydrogen (secondary N) is 1. The summed E-state index contributed by atoms with van der Waals surface area (Å²) in [5.74, 6) is -0.0919. The molecule has 20 heavy (non-hydrogen) atoms. The Balaban J connectivity index is 2.52. The molecule has 0 bridgehead atoms. The van der Waals surface area contributed by atoms with E-state index in [0.717, 1.165) is 9.21 Å². The number of amides is 1. The fraction of sp³-hybridized carbons (Fsp3) is 0.571. The van der Waals surface area contributed by atoms with E-state index in [-0.39, 0.29) is 18.4 Å². The van der Waals surface area contributed by atoms with E-state index >= 15 is 0 Å². The maximum absolute atomic E-state index is 12.0. The molecule has 0 saturated heterocycles. The summed E-state index contributed by atoms with van der Waals surface area (Å²) in [4.78, 5) is 15.0. The summed E-state index contributed by atoms with van der Waals surface area (Å²) in [7, 11) is 1.87. The molecule has 1 unspecified atom stereocenters. The second-order valence-electron chi connectivity index (χ2n) is 5.40. The Morgan fingerprint density at radius 2 is 2.25 bits per heavy atom. The lowest BCUT2D eigenvalue weighted by Crippen LogP contribution is -2.51. The molecule has 1 aromatic rings. The highest BCUT2D eigenvalue weighted by molar-refractivity contribution is 7.16. The van der Waals surface area contributed by atoms with Crippen LogP contribution in [0.2, 0.25) is 4.34 Å². The molecule has 0 aliphatic carbocycles. The lowest BCUT2D eigenvalue weighted by molar-refractivity contribution is -0.123. The first-order chi connectivity index (χ1) is 9.26. The number of halogens is 1. The van der Waals surface area contributed by atoms with E-state index in [9.17, 15) is 10.1 Å². The standard InChI is InChI=1S/C14H20ClN3OS/c1-10(2)14(3,9-16)17-13(19)8-18(4)7-11-5-6-12(15)20-11/h5-6,10H,7-8H2,1-4H3,(H,17,19). The van der Waals surface area contributed by atoms with Gasteiger partial charge in [0.05, 0.1) is 17.0 Å². The minimum Gasteiger partial charge on any atom is -0.337 e. The maximum atomic E-state index is 12.0. The largest absolute Gasteiger partial charge is 0.337 e. The van der Waals surface area contributed by atoms with Crippen molar-refractivity contribution in [1.82, 2.24) is 10.2 Å². The van der Waals surface area contributed by atoms with Gasteiger partial charge in [-0.1, -0.05) is 25.4 Å². The molecular weight excluding hydrogens is 294 g/mol. The highest BCUT2D eigenvalue weighted by Crippen LogP contribution is 2.22. The van der Waals surface area contributed by atoms with Crippen molar-refractivity contribution < 1.29 is 4.79 Å².